The summed E-state index contributed by atoms with van der Waals surface area (Å²) in [4.78, 5) is 31.6. The van der Waals surface area contributed by atoms with Gasteiger partial charge in [0.1, 0.15) is 11.7 Å². The first kappa shape index (κ1) is 25.3. The van der Waals surface area contributed by atoms with Crippen molar-refractivity contribution < 1.29 is 22.8 Å². The van der Waals surface area contributed by atoms with Crippen LogP contribution in [0.4, 0.5) is 24.0 Å². The minimum absolute atomic E-state index is 0.0769. The molecule has 1 aliphatic rings. The SMILES string of the molecule is O=C(NCc1cccc(C(F)(F)F)c1)C1CCCN1C(=O)c1csc(Nc2cccc(Cl)c2Cl)n1. The van der Waals surface area contributed by atoms with Gasteiger partial charge in [-0.3, -0.25) is 9.59 Å². The van der Waals surface area contributed by atoms with E-state index in [1.807, 2.05) is 0 Å². The van der Waals surface area contributed by atoms with E-state index in [9.17, 15) is 22.8 Å². The van der Waals surface area contributed by atoms with Crippen LogP contribution in [0.15, 0.2) is 47.8 Å². The number of carbonyl (C=O) groups is 2. The lowest BCUT2D eigenvalue weighted by molar-refractivity contribution is -0.137. The van der Waals surface area contributed by atoms with Gasteiger partial charge in [-0.05, 0) is 42.7 Å². The molecule has 0 spiro atoms. The third-order valence-electron chi connectivity index (χ3n) is 5.45. The molecule has 0 radical (unpaired) electrons. The number of thiazole rings is 1. The lowest BCUT2D eigenvalue weighted by Crippen LogP contribution is -2.45. The number of nitrogens with one attached hydrogen (secondary N) is 2. The van der Waals surface area contributed by atoms with Gasteiger partial charge in [0.15, 0.2) is 5.13 Å². The fraction of sp³-hybridized carbons (Fsp3) is 0.261. The first-order valence-corrected chi connectivity index (χ1v) is 12.2. The predicted molar refractivity (Wildman–Crippen MR) is 129 cm³/mol. The van der Waals surface area contributed by atoms with Crippen LogP contribution in [0, 0.1) is 0 Å². The molecule has 0 bridgehead atoms. The van der Waals surface area contributed by atoms with Crippen molar-refractivity contribution in [2.24, 2.45) is 0 Å². The number of anilines is 2. The molecule has 0 aliphatic carbocycles. The Bertz CT molecular complexity index is 1250. The number of hydrogen-bond acceptors (Lipinski definition) is 5. The monoisotopic (exact) mass is 542 g/mol. The summed E-state index contributed by atoms with van der Waals surface area (Å²) in [6, 6.07) is 9.13. The minimum Gasteiger partial charge on any atom is -0.350 e. The standard InChI is InChI=1S/C23H19Cl2F3N4O2S/c24-15-6-2-7-16(19(15)25)30-22-31-17(12-35-22)21(34)32-9-3-8-18(32)20(33)29-11-13-4-1-5-14(10-13)23(26,27)28/h1-2,4-7,10,12,18H,3,8-9,11H2,(H,29,33)(H,30,31). The minimum atomic E-state index is -4.46. The predicted octanol–water partition coefficient (Wildman–Crippen LogP) is 6.13. The molecular formula is C23H19Cl2F3N4O2S. The molecule has 2 heterocycles. The van der Waals surface area contributed by atoms with Gasteiger partial charge in [0.05, 0.1) is 21.3 Å². The van der Waals surface area contributed by atoms with Crippen LogP contribution in [0.2, 0.25) is 10.0 Å². The molecule has 1 aromatic heterocycles. The maximum atomic E-state index is 13.1. The number of alkyl halides is 3. The molecule has 2 aromatic carbocycles. The van der Waals surface area contributed by atoms with E-state index in [2.05, 4.69) is 15.6 Å². The third-order valence-corrected chi connectivity index (χ3v) is 7.03. The second-order valence-electron chi connectivity index (χ2n) is 7.84. The number of aromatic nitrogens is 1. The summed E-state index contributed by atoms with van der Waals surface area (Å²) >= 11 is 13.4. The fourth-order valence-corrected chi connectivity index (χ4v) is 4.78. The van der Waals surface area contributed by atoms with Crippen molar-refractivity contribution in [3.63, 3.8) is 0 Å². The number of hydrogen-bond donors (Lipinski definition) is 2. The fourth-order valence-electron chi connectivity index (χ4n) is 3.74. The van der Waals surface area contributed by atoms with Gasteiger partial charge in [0, 0.05) is 18.5 Å². The number of benzene rings is 2. The number of likely N-dealkylation sites (tertiary alicyclic amines) is 1. The van der Waals surface area contributed by atoms with E-state index in [0.29, 0.717) is 45.8 Å². The van der Waals surface area contributed by atoms with Crippen LogP contribution < -0.4 is 10.6 Å². The van der Waals surface area contributed by atoms with Crippen LogP contribution >= 0.6 is 34.5 Å². The number of amides is 2. The van der Waals surface area contributed by atoms with E-state index in [4.69, 9.17) is 23.2 Å². The highest BCUT2D eigenvalue weighted by Crippen LogP contribution is 2.33. The molecule has 1 unspecified atom stereocenters. The van der Waals surface area contributed by atoms with Gasteiger partial charge < -0.3 is 15.5 Å². The normalized spacial score (nSPS) is 15.8. The Morgan fingerprint density at radius 1 is 1.17 bits per heavy atom. The van der Waals surface area contributed by atoms with Crippen LogP contribution in [-0.4, -0.2) is 34.3 Å². The summed E-state index contributed by atoms with van der Waals surface area (Å²) in [6.07, 6.45) is -3.39. The van der Waals surface area contributed by atoms with Crippen LogP contribution in [0.1, 0.15) is 34.5 Å². The molecule has 184 valence electrons. The van der Waals surface area contributed by atoms with E-state index in [1.54, 1.807) is 23.6 Å². The molecule has 1 fully saturated rings. The molecule has 1 aliphatic heterocycles. The number of rotatable bonds is 6. The Labute approximate surface area is 213 Å². The molecule has 12 heteroatoms. The van der Waals surface area contributed by atoms with Crippen molar-refractivity contribution in [3.05, 3.63) is 74.7 Å². The second kappa shape index (κ2) is 10.4. The number of nitrogens with zero attached hydrogens (tertiary/aromatic N) is 2. The molecule has 3 aromatic rings. The number of carbonyl (C=O) groups excluding carboxylic acids is 2. The molecule has 4 rings (SSSR count). The van der Waals surface area contributed by atoms with Gasteiger partial charge in [-0.25, -0.2) is 4.98 Å². The van der Waals surface area contributed by atoms with Crippen molar-refractivity contribution in [1.29, 1.82) is 0 Å². The lowest BCUT2D eigenvalue weighted by Gasteiger charge is -2.23. The van der Waals surface area contributed by atoms with Crippen molar-refractivity contribution in [1.82, 2.24) is 15.2 Å². The van der Waals surface area contributed by atoms with Crippen LogP contribution in [0.3, 0.4) is 0 Å². The third kappa shape index (κ3) is 5.88. The summed E-state index contributed by atoms with van der Waals surface area (Å²) in [6.45, 7) is 0.299. The molecule has 2 N–H and O–H groups in total. The first-order chi connectivity index (χ1) is 16.6. The van der Waals surface area contributed by atoms with Crippen molar-refractivity contribution >= 4 is 57.2 Å². The average Bonchev–Trinajstić information content (AvgIpc) is 3.50. The highest BCUT2D eigenvalue weighted by atomic mass is 35.5. The maximum Gasteiger partial charge on any atom is 0.416 e. The Morgan fingerprint density at radius 3 is 2.71 bits per heavy atom. The van der Waals surface area contributed by atoms with Crippen LogP contribution in [0.5, 0.6) is 0 Å². The zero-order chi connectivity index (χ0) is 25.2. The van der Waals surface area contributed by atoms with Crippen molar-refractivity contribution in [2.75, 3.05) is 11.9 Å². The highest BCUT2D eigenvalue weighted by Gasteiger charge is 2.35. The average molecular weight is 543 g/mol. The summed E-state index contributed by atoms with van der Waals surface area (Å²) < 4.78 is 38.8. The van der Waals surface area contributed by atoms with Crippen LogP contribution in [-0.2, 0) is 17.5 Å². The van der Waals surface area contributed by atoms with Gasteiger partial charge >= 0.3 is 6.18 Å². The summed E-state index contributed by atoms with van der Waals surface area (Å²) in [5.41, 5.74) is 0.252. The molecule has 1 saturated heterocycles. The van der Waals surface area contributed by atoms with E-state index >= 15 is 0 Å². The van der Waals surface area contributed by atoms with Gasteiger partial charge in [-0.15, -0.1) is 11.3 Å². The van der Waals surface area contributed by atoms with E-state index in [1.165, 1.54) is 28.4 Å². The lowest BCUT2D eigenvalue weighted by atomic mass is 10.1. The summed E-state index contributed by atoms with van der Waals surface area (Å²) in [5.74, 6) is -0.823. The molecular weight excluding hydrogens is 524 g/mol. The van der Waals surface area contributed by atoms with E-state index in [-0.39, 0.29) is 12.2 Å². The van der Waals surface area contributed by atoms with E-state index in [0.717, 1.165) is 12.1 Å². The van der Waals surface area contributed by atoms with Crippen molar-refractivity contribution in [2.45, 2.75) is 31.6 Å². The molecule has 1 atom stereocenters. The Hall–Kier alpha value is -2.82. The smallest absolute Gasteiger partial charge is 0.350 e. The summed E-state index contributed by atoms with van der Waals surface area (Å²) in [5, 5.41) is 8.39. The topological polar surface area (TPSA) is 74.3 Å². The molecule has 0 saturated carbocycles. The number of halogens is 5. The Morgan fingerprint density at radius 2 is 1.94 bits per heavy atom. The van der Waals surface area contributed by atoms with E-state index < -0.39 is 29.6 Å². The largest absolute Gasteiger partial charge is 0.416 e. The van der Waals surface area contributed by atoms with Gasteiger partial charge in [-0.2, -0.15) is 13.2 Å². The van der Waals surface area contributed by atoms with Crippen LogP contribution in [0.25, 0.3) is 0 Å². The second-order valence-corrected chi connectivity index (χ2v) is 9.48. The Balaban J connectivity index is 1.40. The highest BCUT2D eigenvalue weighted by molar-refractivity contribution is 7.14. The molecule has 6 nitrogen and oxygen atoms in total. The van der Waals surface area contributed by atoms with Gasteiger partial charge in [0.25, 0.3) is 5.91 Å². The van der Waals surface area contributed by atoms with Gasteiger partial charge in [0.2, 0.25) is 5.91 Å². The Kier molecular flexibility index (Phi) is 7.53. The molecule has 35 heavy (non-hydrogen) atoms. The quantitative estimate of drug-likeness (QED) is 0.392. The zero-order valence-electron chi connectivity index (χ0n) is 18.0. The van der Waals surface area contributed by atoms with Gasteiger partial charge in [-0.1, -0.05) is 41.4 Å². The summed E-state index contributed by atoms with van der Waals surface area (Å²) in [7, 11) is 0. The van der Waals surface area contributed by atoms with Crippen molar-refractivity contribution in [3.8, 4) is 0 Å². The first-order valence-electron chi connectivity index (χ1n) is 10.5. The molecule has 2 amide bonds. The maximum absolute atomic E-state index is 13.1. The zero-order valence-corrected chi connectivity index (χ0v) is 20.4.